The summed E-state index contributed by atoms with van der Waals surface area (Å²) in [5, 5.41) is 1.21. The minimum Gasteiger partial charge on any atom is -0.310 e. The normalized spacial score (nSPS) is 12.0. The molecule has 0 aliphatic rings. The van der Waals surface area contributed by atoms with Crippen molar-refractivity contribution in [2.45, 2.75) is 13.1 Å². The molecule has 0 saturated heterocycles. The molecule has 0 aliphatic carbocycles. The first kappa shape index (κ1) is 13.7. The van der Waals surface area contributed by atoms with Gasteiger partial charge in [0.25, 0.3) is 5.56 Å². The number of alkyl halides is 3. The molecule has 0 amide bonds. The highest BCUT2D eigenvalue weighted by atomic mass is 32.1. The third kappa shape index (κ3) is 2.42. The minimum atomic E-state index is -4.66. The SMILES string of the molecule is Cc1nc2nc(-c3cccs3)cc(C(F)(F)F)c2c(=O)[nH]1. The molecule has 0 unspecified atom stereocenters. The lowest BCUT2D eigenvalue weighted by Crippen LogP contribution is -2.17. The smallest absolute Gasteiger partial charge is 0.310 e. The van der Waals surface area contributed by atoms with E-state index in [0.717, 1.165) is 6.07 Å². The lowest BCUT2D eigenvalue weighted by Gasteiger charge is -2.11. The molecule has 0 atom stereocenters. The maximum absolute atomic E-state index is 13.2. The van der Waals surface area contributed by atoms with Crippen molar-refractivity contribution in [2.24, 2.45) is 0 Å². The van der Waals surface area contributed by atoms with E-state index in [-0.39, 0.29) is 17.2 Å². The summed E-state index contributed by atoms with van der Waals surface area (Å²) in [5.74, 6) is 0.219. The highest BCUT2D eigenvalue weighted by molar-refractivity contribution is 7.13. The zero-order valence-electron chi connectivity index (χ0n) is 10.7. The van der Waals surface area contributed by atoms with Crippen molar-refractivity contribution in [1.82, 2.24) is 15.0 Å². The van der Waals surface area contributed by atoms with Gasteiger partial charge in [0.15, 0.2) is 5.65 Å². The van der Waals surface area contributed by atoms with E-state index < -0.39 is 22.7 Å². The van der Waals surface area contributed by atoms with E-state index in [9.17, 15) is 18.0 Å². The Hall–Kier alpha value is -2.22. The molecule has 0 radical (unpaired) electrons. The van der Waals surface area contributed by atoms with E-state index in [2.05, 4.69) is 15.0 Å². The first-order valence-corrected chi connectivity index (χ1v) is 6.77. The lowest BCUT2D eigenvalue weighted by atomic mass is 10.1. The van der Waals surface area contributed by atoms with Crippen LogP contribution in [-0.2, 0) is 6.18 Å². The van der Waals surface area contributed by atoms with Crippen molar-refractivity contribution in [3.8, 4) is 10.6 Å². The summed E-state index contributed by atoms with van der Waals surface area (Å²) >= 11 is 1.27. The second-order valence-corrected chi connectivity index (χ2v) is 5.33. The number of fused-ring (bicyclic) bond motifs is 1. The van der Waals surface area contributed by atoms with Crippen LogP contribution in [0.25, 0.3) is 21.6 Å². The molecule has 0 saturated carbocycles. The Labute approximate surface area is 120 Å². The molecule has 21 heavy (non-hydrogen) atoms. The number of aromatic amines is 1. The molecule has 4 nitrogen and oxygen atoms in total. The van der Waals surface area contributed by atoms with Crippen molar-refractivity contribution >= 4 is 22.4 Å². The molecule has 8 heteroatoms. The number of nitrogens with one attached hydrogen (secondary N) is 1. The molecule has 0 aromatic carbocycles. The van der Waals surface area contributed by atoms with Gasteiger partial charge in [-0.25, -0.2) is 9.97 Å². The van der Waals surface area contributed by atoms with Gasteiger partial charge in [0.2, 0.25) is 0 Å². The van der Waals surface area contributed by atoms with Gasteiger partial charge in [-0.3, -0.25) is 4.79 Å². The molecule has 0 aliphatic heterocycles. The highest BCUT2D eigenvalue weighted by Gasteiger charge is 2.35. The number of H-pyrrole nitrogens is 1. The Kier molecular flexibility index (Phi) is 3.05. The van der Waals surface area contributed by atoms with Crippen LogP contribution >= 0.6 is 11.3 Å². The standard InChI is InChI=1S/C13H8F3N3OS/c1-6-17-11-10(12(20)18-6)7(13(14,15)16)5-8(19-11)9-3-2-4-21-9/h2-5H,1H3,(H,17,18,19,20). The van der Waals surface area contributed by atoms with Crippen molar-refractivity contribution < 1.29 is 13.2 Å². The molecule has 3 rings (SSSR count). The second-order valence-electron chi connectivity index (χ2n) is 4.38. The number of hydrogen-bond donors (Lipinski definition) is 1. The summed E-state index contributed by atoms with van der Waals surface area (Å²) in [5.41, 5.74) is -1.91. The Morgan fingerprint density at radius 3 is 2.67 bits per heavy atom. The zero-order valence-corrected chi connectivity index (χ0v) is 11.5. The Balaban J connectivity index is 2.43. The second kappa shape index (κ2) is 4.66. The van der Waals surface area contributed by atoms with Crippen LogP contribution in [-0.4, -0.2) is 15.0 Å². The van der Waals surface area contributed by atoms with Gasteiger partial charge in [0.1, 0.15) is 5.82 Å². The molecular weight excluding hydrogens is 303 g/mol. The van der Waals surface area contributed by atoms with Gasteiger partial charge in [0, 0.05) is 0 Å². The maximum atomic E-state index is 13.2. The number of thiophene rings is 1. The predicted octanol–water partition coefficient (Wildman–Crippen LogP) is 3.37. The number of hydrogen-bond acceptors (Lipinski definition) is 4. The average molecular weight is 311 g/mol. The topological polar surface area (TPSA) is 58.6 Å². The molecule has 0 spiro atoms. The molecule has 0 fully saturated rings. The van der Waals surface area contributed by atoms with Gasteiger partial charge >= 0.3 is 6.18 Å². The zero-order chi connectivity index (χ0) is 15.2. The van der Waals surface area contributed by atoms with E-state index in [1.807, 2.05) is 0 Å². The molecule has 108 valence electrons. The number of rotatable bonds is 1. The van der Waals surface area contributed by atoms with Crippen molar-refractivity contribution in [2.75, 3.05) is 0 Å². The summed E-state index contributed by atoms with van der Waals surface area (Å²) < 4.78 is 39.6. The maximum Gasteiger partial charge on any atom is 0.417 e. The highest BCUT2D eigenvalue weighted by Crippen LogP contribution is 2.35. The first-order chi connectivity index (χ1) is 9.86. The Morgan fingerprint density at radius 1 is 1.29 bits per heavy atom. The van der Waals surface area contributed by atoms with Gasteiger partial charge in [-0.1, -0.05) is 6.07 Å². The summed E-state index contributed by atoms with van der Waals surface area (Å²) in [6, 6.07) is 4.27. The number of pyridine rings is 1. The number of halogens is 3. The van der Waals surface area contributed by atoms with E-state index in [1.54, 1.807) is 17.5 Å². The van der Waals surface area contributed by atoms with Gasteiger partial charge in [-0.05, 0) is 24.4 Å². The monoisotopic (exact) mass is 311 g/mol. The summed E-state index contributed by atoms with van der Waals surface area (Å²) in [6.45, 7) is 1.49. The van der Waals surface area contributed by atoms with Gasteiger partial charge in [-0.15, -0.1) is 11.3 Å². The number of aromatic nitrogens is 3. The van der Waals surface area contributed by atoms with Gasteiger partial charge in [-0.2, -0.15) is 13.2 Å². The fourth-order valence-electron chi connectivity index (χ4n) is 2.02. The third-order valence-corrected chi connectivity index (χ3v) is 3.77. The van der Waals surface area contributed by atoms with Crippen LogP contribution in [0.2, 0.25) is 0 Å². The molecule has 3 heterocycles. The van der Waals surface area contributed by atoms with Gasteiger partial charge in [0.05, 0.1) is 21.5 Å². The van der Waals surface area contributed by atoms with Crippen molar-refractivity contribution in [3.05, 3.63) is 45.3 Å². The number of aryl methyl sites for hydroxylation is 1. The van der Waals surface area contributed by atoms with Crippen LogP contribution < -0.4 is 5.56 Å². The van der Waals surface area contributed by atoms with Crippen LogP contribution in [0, 0.1) is 6.92 Å². The van der Waals surface area contributed by atoms with Crippen LogP contribution in [0.5, 0.6) is 0 Å². The van der Waals surface area contributed by atoms with Crippen LogP contribution in [0.1, 0.15) is 11.4 Å². The van der Waals surface area contributed by atoms with Crippen LogP contribution in [0.15, 0.2) is 28.4 Å². The molecule has 3 aromatic heterocycles. The minimum absolute atomic E-state index is 0.155. The number of nitrogens with zero attached hydrogens (tertiary/aromatic N) is 2. The van der Waals surface area contributed by atoms with Crippen molar-refractivity contribution in [3.63, 3.8) is 0 Å². The van der Waals surface area contributed by atoms with Crippen LogP contribution in [0.3, 0.4) is 0 Å². The Bertz CT molecular complexity index is 869. The van der Waals surface area contributed by atoms with Crippen LogP contribution in [0.4, 0.5) is 13.2 Å². The van der Waals surface area contributed by atoms with Gasteiger partial charge < -0.3 is 4.98 Å². The first-order valence-electron chi connectivity index (χ1n) is 5.89. The van der Waals surface area contributed by atoms with Crippen molar-refractivity contribution in [1.29, 1.82) is 0 Å². The summed E-state index contributed by atoms with van der Waals surface area (Å²) in [7, 11) is 0. The molecule has 3 aromatic rings. The molecule has 1 N–H and O–H groups in total. The fraction of sp³-hybridized carbons (Fsp3) is 0.154. The largest absolute Gasteiger partial charge is 0.417 e. The predicted molar refractivity (Wildman–Crippen MR) is 73.2 cm³/mol. The third-order valence-electron chi connectivity index (χ3n) is 2.87. The van der Waals surface area contributed by atoms with E-state index in [1.165, 1.54) is 18.3 Å². The molecule has 0 bridgehead atoms. The average Bonchev–Trinajstić information content (AvgIpc) is 2.89. The van der Waals surface area contributed by atoms with E-state index in [0.29, 0.717) is 4.88 Å². The Morgan fingerprint density at radius 2 is 2.05 bits per heavy atom. The summed E-state index contributed by atoms with van der Waals surface area (Å²) in [6.07, 6.45) is -4.66. The van der Waals surface area contributed by atoms with E-state index >= 15 is 0 Å². The van der Waals surface area contributed by atoms with E-state index in [4.69, 9.17) is 0 Å². The lowest BCUT2D eigenvalue weighted by molar-refractivity contribution is -0.136. The summed E-state index contributed by atoms with van der Waals surface area (Å²) in [4.78, 5) is 22.7. The quantitative estimate of drug-likeness (QED) is 0.749. The molecular formula is C13H8F3N3OS. The fourth-order valence-corrected chi connectivity index (χ4v) is 2.71.